The van der Waals surface area contributed by atoms with Crippen LogP contribution in [0.4, 0.5) is 0 Å². The van der Waals surface area contributed by atoms with Crippen molar-refractivity contribution in [2.45, 2.75) is 18.4 Å². The molecule has 18 heavy (non-hydrogen) atoms. The van der Waals surface area contributed by atoms with Crippen LogP contribution in [0.3, 0.4) is 0 Å². The third-order valence-electron chi connectivity index (χ3n) is 2.62. The van der Waals surface area contributed by atoms with E-state index >= 15 is 0 Å². The number of hydrogen-bond donors (Lipinski definition) is 2. The van der Waals surface area contributed by atoms with Gasteiger partial charge in [-0.25, -0.2) is 0 Å². The number of benzene rings is 1. The van der Waals surface area contributed by atoms with E-state index < -0.39 is 11.6 Å². The standard InChI is InChI=1S/C14H21NO3/c1-15(2,3)11-14(18,10-13(16)17)9-12-7-5-4-6-8-12/h4-8,18H,9-11H2,1-3H3/p+1. The van der Waals surface area contributed by atoms with Gasteiger partial charge in [-0.15, -0.1) is 0 Å². The minimum atomic E-state index is -1.22. The van der Waals surface area contributed by atoms with Crippen LogP contribution in [0.5, 0.6) is 0 Å². The largest absolute Gasteiger partial charge is 0.481 e. The molecule has 0 saturated heterocycles. The predicted molar refractivity (Wildman–Crippen MR) is 70.2 cm³/mol. The lowest BCUT2D eigenvalue weighted by atomic mass is 9.90. The molecule has 0 radical (unpaired) electrons. The molecule has 4 nitrogen and oxygen atoms in total. The van der Waals surface area contributed by atoms with Crippen molar-refractivity contribution in [1.82, 2.24) is 0 Å². The quantitative estimate of drug-likeness (QED) is 0.746. The van der Waals surface area contributed by atoms with E-state index in [1.165, 1.54) is 0 Å². The number of carboxylic acid groups (broad SMARTS) is 1. The molecule has 1 atom stereocenters. The molecule has 0 heterocycles. The lowest BCUT2D eigenvalue weighted by Crippen LogP contribution is -2.51. The molecule has 0 aliphatic rings. The summed E-state index contributed by atoms with van der Waals surface area (Å²) in [5.74, 6) is -0.970. The van der Waals surface area contributed by atoms with Crippen LogP contribution in [0.25, 0.3) is 0 Å². The molecule has 1 aromatic carbocycles. The van der Waals surface area contributed by atoms with Crippen LogP contribution in [0.15, 0.2) is 30.3 Å². The highest BCUT2D eigenvalue weighted by Gasteiger charge is 2.36. The number of nitrogens with zero attached hydrogens (tertiary/aromatic N) is 1. The van der Waals surface area contributed by atoms with Gasteiger partial charge in [-0.05, 0) is 5.56 Å². The number of aliphatic carboxylic acids is 1. The Labute approximate surface area is 108 Å². The Morgan fingerprint density at radius 2 is 1.78 bits per heavy atom. The molecule has 0 bridgehead atoms. The Bertz CT molecular complexity index is 397. The topological polar surface area (TPSA) is 57.5 Å². The van der Waals surface area contributed by atoms with Crippen molar-refractivity contribution in [2.75, 3.05) is 27.7 Å². The Kier molecular flexibility index (Phi) is 4.48. The van der Waals surface area contributed by atoms with E-state index in [2.05, 4.69) is 0 Å². The summed E-state index contributed by atoms with van der Waals surface area (Å²) in [6.07, 6.45) is 0.118. The van der Waals surface area contributed by atoms with Crippen molar-refractivity contribution >= 4 is 5.97 Å². The van der Waals surface area contributed by atoms with E-state index in [-0.39, 0.29) is 6.42 Å². The van der Waals surface area contributed by atoms with Gasteiger partial charge in [0, 0.05) is 6.42 Å². The third kappa shape index (κ3) is 5.29. The third-order valence-corrected chi connectivity index (χ3v) is 2.62. The van der Waals surface area contributed by atoms with Gasteiger partial charge in [-0.3, -0.25) is 4.79 Å². The fourth-order valence-corrected chi connectivity index (χ4v) is 2.31. The molecule has 100 valence electrons. The highest BCUT2D eigenvalue weighted by Crippen LogP contribution is 2.20. The van der Waals surface area contributed by atoms with Gasteiger partial charge in [0.15, 0.2) is 0 Å². The van der Waals surface area contributed by atoms with Gasteiger partial charge in [-0.2, -0.15) is 0 Å². The summed E-state index contributed by atoms with van der Waals surface area (Å²) in [4.78, 5) is 10.9. The number of carboxylic acids is 1. The summed E-state index contributed by atoms with van der Waals surface area (Å²) in [5, 5.41) is 19.5. The summed E-state index contributed by atoms with van der Waals surface area (Å²) in [7, 11) is 5.83. The van der Waals surface area contributed by atoms with Gasteiger partial charge in [0.1, 0.15) is 12.1 Å². The van der Waals surface area contributed by atoms with Crippen LogP contribution >= 0.6 is 0 Å². The van der Waals surface area contributed by atoms with Crippen LogP contribution in [-0.4, -0.2) is 54.0 Å². The molecule has 4 heteroatoms. The Hall–Kier alpha value is -1.39. The minimum Gasteiger partial charge on any atom is -0.481 e. The predicted octanol–water partition coefficient (Wildman–Crippen LogP) is 1.14. The van der Waals surface area contributed by atoms with Crippen LogP contribution in [-0.2, 0) is 11.2 Å². The second-order valence-electron chi connectivity index (χ2n) is 5.91. The Balaban J connectivity index is 2.87. The van der Waals surface area contributed by atoms with Crippen molar-refractivity contribution in [3.8, 4) is 0 Å². The zero-order valence-corrected chi connectivity index (χ0v) is 11.3. The lowest BCUT2D eigenvalue weighted by molar-refractivity contribution is -0.877. The van der Waals surface area contributed by atoms with Gasteiger partial charge in [0.05, 0.1) is 27.6 Å². The van der Waals surface area contributed by atoms with Crippen LogP contribution in [0, 0.1) is 0 Å². The minimum absolute atomic E-state index is 0.239. The number of hydrogen-bond acceptors (Lipinski definition) is 2. The Morgan fingerprint density at radius 1 is 1.22 bits per heavy atom. The monoisotopic (exact) mass is 252 g/mol. The molecule has 1 unspecified atom stereocenters. The molecule has 0 aliphatic carbocycles. The molecule has 0 spiro atoms. The first kappa shape index (κ1) is 14.7. The second-order valence-corrected chi connectivity index (χ2v) is 5.91. The molecule has 1 rings (SSSR count). The van der Waals surface area contributed by atoms with Crippen LogP contribution < -0.4 is 0 Å². The number of quaternary nitrogens is 1. The van der Waals surface area contributed by atoms with Crippen molar-refractivity contribution < 1.29 is 19.5 Å². The maximum absolute atomic E-state index is 10.9. The van der Waals surface area contributed by atoms with Gasteiger partial charge < -0.3 is 14.7 Å². The first-order chi connectivity index (χ1) is 8.20. The average molecular weight is 252 g/mol. The highest BCUT2D eigenvalue weighted by atomic mass is 16.4. The fraction of sp³-hybridized carbons (Fsp3) is 0.500. The summed E-state index contributed by atoms with van der Waals surface area (Å²) in [6.45, 7) is 0.397. The summed E-state index contributed by atoms with van der Waals surface area (Å²) in [5.41, 5.74) is -0.263. The molecular weight excluding hydrogens is 230 g/mol. The normalized spacial score (nSPS) is 15.1. The van der Waals surface area contributed by atoms with Crippen molar-refractivity contribution in [3.05, 3.63) is 35.9 Å². The molecule has 0 amide bonds. The number of aliphatic hydroxyl groups is 1. The SMILES string of the molecule is C[N+](C)(C)CC(O)(CC(=O)O)Cc1ccccc1. The number of likely N-dealkylation sites (N-methyl/N-ethyl adjacent to an activating group) is 1. The van der Waals surface area contributed by atoms with E-state index in [1.807, 2.05) is 51.5 Å². The highest BCUT2D eigenvalue weighted by molar-refractivity contribution is 5.68. The van der Waals surface area contributed by atoms with Gasteiger partial charge >= 0.3 is 5.97 Å². The second kappa shape index (κ2) is 5.50. The zero-order chi connectivity index (χ0) is 13.8. The van der Waals surface area contributed by atoms with Crippen molar-refractivity contribution in [2.24, 2.45) is 0 Å². The smallest absolute Gasteiger partial charge is 0.306 e. The molecule has 1 aromatic rings. The summed E-state index contributed by atoms with van der Waals surface area (Å²) in [6, 6.07) is 9.50. The van der Waals surface area contributed by atoms with E-state index in [0.29, 0.717) is 17.4 Å². The molecule has 0 aliphatic heterocycles. The summed E-state index contributed by atoms with van der Waals surface area (Å²) < 4.78 is 0.524. The molecular formula is C14H22NO3+. The van der Waals surface area contributed by atoms with Crippen molar-refractivity contribution in [1.29, 1.82) is 0 Å². The van der Waals surface area contributed by atoms with Crippen LogP contribution in [0.1, 0.15) is 12.0 Å². The maximum atomic E-state index is 10.9. The average Bonchev–Trinajstić information content (AvgIpc) is 2.13. The van der Waals surface area contributed by atoms with Crippen LogP contribution in [0.2, 0.25) is 0 Å². The molecule has 0 saturated carbocycles. The molecule has 0 aromatic heterocycles. The van der Waals surface area contributed by atoms with E-state index in [4.69, 9.17) is 5.11 Å². The van der Waals surface area contributed by atoms with Gasteiger partial charge in [-0.1, -0.05) is 30.3 Å². The fourth-order valence-electron chi connectivity index (χ4n) is 2.31. The van der Waals surface area contributed by atoms with E-state index in [0.717, 1.165) is 5.56 Å². The van der Waals surface area contributed by atoms with E-state index in [1.54, 1.807) is 0 Å². The number of carbonyl (C=O) groups is 1. The zero-order valence-electron chi connectivity index (χ0n) is 11.3. The van der Waals surface area contributed by atoms with E-state index in [9.17, 15) is 9.90 Å². The van der Waals surface area contributed by atoms with Gasteiger partial charge in [0.25, 0.3) is 0 Å². The summed E-state index contributed by atoms with van der Waals surface area (Å²) >= 11 is 0. The maximum Gasteiger partial charge on any atom is 0.306 e. The molecule has 0 fully saturated rings. The van der Waals surface area contributed by atoms with Crippen molar-refractivity contribution in [3.63, 3.8) is 0 Å². The lowest BCUT2D eigenvalue weighted by Gasteiger charge is -2.34. The first-order valence-corrected chi connectivity index (χ1v) is 5.99. The van der Waals surface area contributed by atoms with Gasteiger partial charge in [0.2, 0.25) is 0 Å². The Morgan fingerprint density at radius 3 is 2.22 bits per heavy atom. The molecule has 2 N–H and O–H groups in total. The number of rotatable bonds is 6. The first-order valence-electron chi connectivity index (χ1n) is 5.99.